The molecular weight excluding hydrogens is 300 g/mol. The van der Waals surface area contributed by atoms with Gasteiger partial charge in [-0.3, -0.25) is 4.90 Å². The number of hydrogen-bond acceptors (Lipinski definition) is 5. The molecule has 1 aliphatic rings. The monoisotopic (exact) mass is 320 g/mol. The van der Waals surface area contributed by atoms with E-state index in [1.165, 1.54) is 0 Å². The normalized spacial score (nSPS) is 20.4. The third kappa shape index (κ3) is 3.39. The van der Waals surface area contributed by atoms with Crippen molar-refractivity contribution in [2.75, 3.05) is 24.6 Å². The fourth-order valence-corrected chi connectivity index (χ4v) is 4.00. The van der Waals surface area contributed by atoms with Crippen LogP contribution in [0.2, 0.25) is 0 Å². The summed E-state index contributed by atoms with van der Waals surface area (Å²) in [5, 5.41) is 0. The van der Waals surface area contributed by atoms with Crippen LogP contribution in [0.15, 0.2) is 40.9 Å². The Kier molecular flexibility index (Phi) is 4.31. The number of aromatic nitrogens is 1. The van der Waals surface area contributed by atoms with Crippen LogP contribution in [0.25, 0.3) is 11.3 Å². The first kappa shape index (κ1) is 15.2. The van der Waals surface area contributed by atoms with E-state index in [9.17, 15) is 8.42 Å². The number of sulfone groups is 1. The maximum atomic E-state index is 11.7. The maximum absolute atomic E-state index is 11.7. The predicted octanol–water partition coefficient (Wildman–Crippen LogP) is 2.52. The lowest BCUT2D eigenvalue weighted by molar-refractivity contribution is 0.197. The molecule has 0 amide bonds. The number of hydrogen-bond donors (Lipinski definition) is 0. The van der Waals surface area contributed by atoms with E-state index in [2.05, 4.69) is 9.88 Å². The van der Waals surface area contributed by atoms with E-state index >= 15 is 0 Å². The Hall–Kier alpha value is -1.66. The van der Waals surface area contributed by atoms with Crippen molar-refractivity contribution >= 4 is 9.84 Å². The Balaban J connectivity index is 1.75. The summed E-state index contributed by atoms with van der Waals surface area (Å²) in [7, 11) is -2.90. The molecule has 118 valence electrons. The maximum Gasteiger partial charge on any atom is 0.211 e. The standard InChI is InChI=1S/C16H20N2O3S/c1-13(18-8-5-10-22(19,20)11-9-18)16-17-12-15(21-16)14-6-3-2-4-7-14/h2-4,6-7,12-13H,5,8-11H2,1H3/t13-/m0/s1. The second-order valence-electron chi connectivity index (χ2n) is 5.65. The van der Waals surface area contributed by atoms with E-state index in [0.29, 0.717) is 18.9 Å². The second kappa shape index (κ2) is 6.22. The summed E-state index contributed by atoms with van der Waals surface area (Å²) in [6.07, 6.45) is 2.40. The largest absolute Gasteiger partial charge is 0.439 e. The molecule has 5 nitrogen and oxygen atoms in total. The first-order valence-electron chi connectivity index (χ1n) is 7.51. The van der Waals surface area contributed by atoms with Gasteiger partial charge in [0, 0.05) is 12.1 Å². The zero-order chi connectivity index (χ0) is 15.6. The minimum absolute atomic E-state index is 0.0224. The molecule has 2 heterocycles. The number of oxazole rings is 1. The van der Waals surface area contributed by atoms with Crippen molar-refractivity contribution in [3.63, 3.8) is 0 Å². The van der Waals surface area contributed by atoms with Crippen LogP contribution in [0.4, 0.5) is 0 Å². The minimum atomic E-state index is -2.90. The molecule has 1 aromatic heterocycles. The summed E-state index contributed by atoms with van der Waals surface area (Å²) in [4.78, 5) is 6.51. The lowest BCUT2D eigenvalue weighted by atomic mass is 10.2. The molecule has 0 saturated carbocycles. The molecule has 0 radical (unpaired) electrons. The highest BCUT2D eigenvalue weighted by molar-refractivity contribution is 7.91. The molecule has 1 fully saturated rings. The molecule has 2 aromatic rings. The van der Waals surface area contributed by atoms with Gasteiger partial charge >= 0.3 is 0 Å². The number of benzene rings is 1. The molecule has 0 aliphatic carbocycles. The van der Waals surface area contributed by atoms with Crippen molar-refractivity contribution in [3.8, 4) is 11.3 Å². The zero-order valence-electron chi connectivity index (χ0n) is 12.6. The first-order valence-corrected chi connectivity index (χ1v) is 9.33. The summed E-state index contributed by atoms with van der Waals surface area (Å²) in [6, 6.07) is 9.81. The van der Waals surface area contributed by atoms with E-state index in [1.54, 1.807) is 6.20 Å². The van der Waals surface area contributed by atoms with Crippen LogP contribution in [0.3, 0.4) is 0 Å². The summed E-state index contributed by atoms with van der Waals surface area (Å²) in [6.45, 7) is 3.30. The van der Waals surface area contributed by atoms with E-state index < -0.39 is 9.84 Å². The van der Waals surface area contributed by atoms with Gasteiger partial charge in [-0.25, -0.2) is 13.4 Å². The molecule has 1 saturated heterocycles. The Bertz CT molecular complexity index is 725. The van der Waals surface area contributed by atoms with Gasteiger partial charge in [-0.15, -0.1) is 0 Å². The van der Waals surface area contributed by atoms with Gasteiger partial charge in [0.15, 0.2) is 15.6 Å². The van der Waals surface area contributed by atoms with Crippen molar-refractivity contribution in [3.05, 3.63) is 42.4 Å². The zero-order valence-corrected chi connectivity index (χ0v) is 13.4. The molecule has 0 unspecified atom stereocenters. The van der Waals surface area contributed by atoms with E-state index in [1.807, 2.05) is 37.3 Å². The molecule has 1 aliphatic heterocycles. The Morgan fingerprint density at radius 2 is 1.95 bits per heavy atom. The second-order valence-corrected chi connectivity index (χ2v) is 7.95. The lowest BCUT2D eigenvalue weighted by Crippen LogP contribution is -2.30. The summed E-state index contributed by atoms with van der Waals surface area (Å²) >= 11 is 0. The van der Waals surface area contributed by atoms with Crippen molar-refractivity contribution in [2.45, 2.75) is 19.4 Å². The van der Waals surface area contributed by atoms with E-state index in [-0.39, 0.29) is 17.5 Å². The first-order chi connectivity index (χ1) is 10.6. The molecule has 3 rings (SSSR count). The SMILES string of the molecule is C[C@@H](c1ncc(-c2ccccc2)o1)N1CCCS(=O)(=O)CC1. The van der Waals surface area contributed by atoms with Crippen LogP contribution >= 0.6 is 0 Å². The van der Waals surface area contributed by atoms with Gasteiger partial charge in [-0.1, -0.05) is 30.3 Å². The van der Waals surface area contributed by atoms with E-state index in [4.69, 9.17) is 4.42 Å². The summed E-state index contributed by atoms with van der Waals surface area (Å²) in [5.74, 6) is 1.86. The van der Waals surface area contributed by atoms with Crippen LogP contribution in [0, 0.1) is 0 Å². The highest BCUT2D eigenvalue weighted by Gasteiger charge is 2.25. The van der Waals surface area contributed by atoms with Gasteiger partial charge < -0.3 is 4.42 Å². The van der Waals surface area contributed by atoms with Gasteiger partial charge in [0.1, 0.15) is 0 Å². The Morgan fingerprint density at radius 1 is 1.18 bits per heavy atom. The quantitative estimate of drug-likeness (QED) is 0.869. The van der Waals surface area contributed by atoms with Gasteiger partial charge in [-0.05, 0) is 19.9 Å². The summed E-state index contributed by atoms with van der Waals surface area (Å²) in [5.41, 5.74) is 0.992. The molecule has 0 N–H and O–H groups in total. The Morgan fingerprint density at radius 3 is 2.73 bits per heavy atom. The molecule has 0 bridgehead atoms. The predicted molar refractivity (Wildman–Crippen MR) is 85.2 cm³/mol. The van der Waals surface area contributed by atoms with Crippen molar-refractivity contribution < 1.29 is 12.8 Å². The van der Waals surface area contributed by atoms with Crippen LogP contribution in [-0.2, 0) is 9.84 Å². The highest BCUT2D eigenvalue weighted by atomic mass is 32.2. The number of rotatable bonds is 3. The number of nitrogens with zero attached hydrogens (tertiary/aromatic N) is 2. The minimum Gasteiger partial charge on any atom is -0.439 e. The smallest absolute Gasteiger partial charge is 0.211 e. The fraction of sp³-hybridized carbons (Fsp3) is 0.438. The van der Waals surface area contributed by atoms with Gasteiger partial charge in [0.05, 0.1) is 23.7 Å². The molecule has 0 spiro atoms. The average molecular weight is 320 g/mol. The van der Waals surface area contributed by atoms with Crippen molar-refractivity contribution in [2.24, 2.45) is 0 Å². The van der Waals surface area contributed by atoms with E-state index in [0.717, 1.165) is 17.9 Å². The van der Waals surface area contributed by atoms with Crippen LogP contribution in [0.5, 0.6) is 0 Å². The fourth-order valence-electron chi connectivity index (χ4n) is 2.72. The topological polar surface area (TPSA) is 63.4 Å². The van der Waals surface area contributed by atoms with Crippen LogP contribution < -0.4 is 0 Å². The van der Waals surface area contributed by atoms with Gasteiger partial charge in [-0.2, -0.15) is 0 Å². The van der Waals surface area contributed by atoms with Crippen LogP contribution in [0.1, 0.15) is 25.3 Å². The third-order valence-corrected chi connectivity index (χ3v) is 5.79. The average Bonchev–Trinajstić information content (AvgIpc) is 2.93. The van der Waals surface area contributed by atoms with Gasteiger partial charge in [0.2, 0.25) is 5.89 Å². The lowest BCUT2D eigenvalue weighted by Gasteiger charge is -2.24. The van der Waals surface area contributed by atoms with Crippen molar-refractivity contribution in [1.82, 2.24) is 9.88 Å². The molecule has 1 aromatic carbocycles. The molecule has 6 heteroatoms. The van der Waals surface area contributed by atoms with Crippen LogP contribution in [-0.4, -0.2) is 42.9 Å². The molecular formula is C16H20N2O3S. The Labute approximate surface area is 130 Å². The summed E-state index contributed by atoms with van der Waals surface area (Å²) < 4.78 is 29.3. The third-order valence-electron chi connectivity index (χ3n) is 4.08. The molecule has 22 heavy (non-hydrogen) atoms. The highest BCUT2D eigenvalue weighted by Crippen LogP contribution is 2.26. The van der Waals surface area contributed by atoms with Gasteiger partial charge in [0.25, 0.3) is 0 Å². The van der Waals surface area contributed by atoms with Crippen molar-refractivity contribution in [1.29, 1.82) is 0 Å². The molecule has 1 atom stereocenters.